The quantitative estimate of drug-likeness (QED) is 0.690. The van der Waals surface area contributed by atoms with Crippen LogP contribution in [0.1, 0.15) is 39.0 Å². The van der Waals surface area contributed by atoms with Gasteiger partial charge in [0.1, 0.15) is 0 Å². The van der Waals surface area contributed by atoms with E-state index in [4.69, 9.17) is 9.84 Å². The van der Waals surface area contributed by atoms with E-state index in [0.717, 1.165) is 38.6 Å². The Labute approximate surface area is 99.8 Å². The van der Waals surface area contributed by atoms with Crippen molar-refractivity contribution in [3.63, 3.8) is 0 Å². The molecule has 1 aliphatic heterocycles. The first kappa shape index (κ1) is 13.9. The minimum absolute atomic E-state index is 0.349. The molecule has 3 heteroatoms. The molecule has 1 fully saturated rings. The number of nitrogens with zero attached hydrogens (tertiary/aromatic N) is 1. The first-order chi connectivity index (χ1) is 7.86. The highest BCUT2D eigenvalue weighted by molar-refractivity contribution is 4.64. The number of ether oxygens (including phenoxy) is 1. The molecule has 0 amide bonds. The molecule has 16 heavy (non-hydrogen) atoms. The molecule has 1 atom stereocenters. The minimum Gasteiger partial charge on any atom is -0.396 e. The summed E-state index contributed by atoms with van der Waals surface area (Å²) in [6.07, 6.45) is 6.03. The second-order valence-corrected chi connectivity index (χ2v) is 4.76. The first-order valence-electron chi connectivity index (χ1n) is 6.77. The predicted octanol–water partition coefficient (Wildman–Crippen LogP) is 1.90. The van der Waals surface area contributed by atoms with Crippen LogP contribution in [0.2, 0.25) is 0 Å². The van der Waals surface area contributed by atoms with Crippen molar-refractivity contribution in [3.8, 4) is 0 Å². The average Bonchev–Trinajstić information content (AvgIpc) is 2.31. The highest BCUT2D eigenvalue weighted by Gasteiger charge is 2.11. The molecule has 0 unspecified atom stereocenters. The maximum absolute atomic E-state index is 8.98. The van der Waals surface area contributed by atoms with Gasteiger partial charge in [-0.1, -0.05) is 19.8 Å². The summed E-state index contributed by atoms with van der Waals surface area (Å²) in [6.45, 7) is 7.77. The Kier molecular flexibility index (Phi) is 7.81. The molecule has 0 aromatic rings. The van der Waals surface area contributed by atoms with Crippen molar-refractivity contribution >= 4 is 0 Å². The number of aliphatic hydroxyl groups excluding tert-OH is 1. The van der Waals surface area contributed by atoms with E-state index in [0.29, 0.717) is 6.61 Å². The number of morpholine rings is 1. The Morgan fingerprint density at radius 1 is 1.19 bits per heavy atom. The van der Waals surface area contributed by atoms with Gasteiger partial charge in [0.05, 0.1) is 13.2 Å². The minimum atomic E-state index is 0.349. The molecule has 3 nitrogen and oxygen atoms in total. The standard InChI is InChI=1S/C13H27NO2/c1-2-4-13(6-10-15)5-3-7-14-8-11-16-12-9-14/h13,15H,2-12H2,1H3/t13-/m0/s1. The summed E-state index contributed by atoms with van der Waals surface area (Å²) in [7, 11) is 0. The lowest BCUT2D eigenvalue weighted by Crippen LogP contribution is -2.36. The molecule has 0 radical (unpaired) electrons. The lowest BCUT2D eigenvalue weighted by atomic mass is 9.95. The molecule has 0 aromatic carbocycles. The number of rotatable bonds is 8. The SMILES string of the molecule is CCC[C@H](CCO)CCCN1CCOCC1. The highest BCUT2D eigenvalue weighted by atomic mass is 16.5. The van der Waals surface area contributed by atoms with Crippen molar-refractivity contribution in [1.29, 1.82) is 0 Å². The lowest BCUT2D eigenvalue weighted by Gasteiger charge is -2.27. The van der Waals surface area contributed by atoms with E-state index < -0.39 is 0 Å². The van der Waals surface area contributed by atoms with Gasteiger partial charge < -0.3 is 9.84 Å². The highest BCUT2D eigenvalue weighted by Crippen LogP contribution is 2.17. The Morgan fingerprint density at radius 3 is 2.56 bits per heavy atom. The van der Waals surface area contributed by atoms with E-state index in [9.17, 15) is 0 Å². The third-order valence-electron chi connectivity index (χ3n) is 3.42. The van der Waals surface area contributed by atoms with Crippen molar-refractivity contribution < 1.29 is 9.84 Å². The van der Waals surface area contributed by atoms with Crippen LogP contribution in [0.3, 0.4) is 0 Å². The number of hydrogen-bond donors (Lipinski definition) is 1. The summed E-state index contributed by atoms with van der Waals surface area (Å²) in [5, 5.41) is 8.98. The topological polar surface area (TPSA) is 32.7 Å². The van der Waals surface area contributed by atoms with E-state index in [-0.39, 0.29) is 0 Å². The number of hydrogen-bond acceptors (Lipinski definition) is 3. The van der Waals surface area contributed by atoms with Gasteiger partial charge in [-0.15, -0.1) is 0 Å². The van der Waals surface area contributed by atoms with Crippen LogP contribution in [-0.2, 0) is 4.74 Å². The molecule has 1 saturated heterocycles. The van der Waals surface area contributed by atoms with Crippen molar-refractivity contribution in [3.05, 3.63) is 0 Å². The van der Waals surface area contributed by atoms with Crippen molar-refractivity contribution in [2.45, 2.75) is 39.0 Å². The molecular formula is C13H27NO2. The molecule has 1 aliphatic rings. The normalized spacial score (nSPS) is 19.9. The van der Waals surface area contributed by atoms with Gasteiger partial charge in [-0.2, -0.15) is 0 Å². The zero-order chi connectivity index (χ0) is 11.6. The van der Waals surface area contributed by atoms with Gasteiger partial charge in [-0.3, -0.25) is 4.90 Å². The van der Waals surface area contributed by atoms with Crippen LogP contribution in [0, 0.1) is 5.92 Å². The van der Waals surface area contributed by atoms with Gasteiger partial charge in [0, 0.05) is 19.7 Å². The van der Waals surface area contributed by atoms with Gasteiger partial charge in [0.25, 0.3) is 0 Å². The van der Waals surface area contributed by atoms with Crippen molar-refractivity contribution in [2.75, 3.05) is 39.5 Å². The van der Waals surface area contributed by atoms with E-state index in [2.05, 4.69) is 11.8 Å². The average molecular weight is 229 g/mol. The van der Waals surface area contributed by atoms with Crippen LogP contribution in [-0.4, -0.2) is 49.5 Å². The summed E-state index contributed by atoms with van der Waals surface area (Å²) in [4.78, 5) is 2.49. The molecule has 0 saturated carbocycles. The smallest absolute Gasteiger partial charge is 0.0594 e. The van der Waals surface area contributed by atoms with E-state index in [1.54, 1.807) is 0 Å². The van der Waals surface area contributed by atoms with Crippen LogP contribution in [0.4, 0.5) is 0 Å². The van der Waals surface area contributed by atoms with Crippen molar-refractivity contribution in [2.24, 2.45) is 5.92 Å². The van der Waals surface area contributed by atoms with E-state index >= 15 is 0 Å². The molecule has 0 bridgehead atoms. The fraction of sp³-hybridized carbons (Fsp3) is 1.00. The molecule has 0 aliphatic carbocycles. The monoisotopic (exact) mass is 229 g/mol. The van der Waals surface area contributed by atoms with Gasteiger partial charge in [0.2, 0.25) is 0 Å². The summed E-state index contributed by atoms with van der Waals surface area (Å²) in [5.74, 6) is 0.732. The van der Waals surface area contributed by atoms with Crippen LogP contribution < -0.4 is 0 Å². The summed E-state index contributed by atoms with van der Waals surface area (Å²) < 4.78 is 5.33. The second kappa shape index (κ2) is 8.97. The zero-order valence-electron chi connectivity index (χ0n) is 10.7. The van der Waals surface area contributed by atoms with Gasteiger partial charge in [-0.25, -0.2) is 0 Å². The Bertz CT molecular complexity index is 152. The summed E-state index contributed by atoms with van der Waals surface area (Å²) >= 11 is 0. The predicted molar refractivity (Wildman–Crippen MR) is 66.6 cm³/mol. The summed E-state index contributed by atoms with van der Waals surface area (Å²) in [5.41, 5.74) is 0. The van der Waals surface area contributed by atoms with E-state index in [1.807, 2.05) is 0 Å². The van der Waals surface area contributed by atoms with Crippen LogP contribution >= 0.6 is 0 Å². The molecule has 0 aromatic heterocycles. The Hall–Kier alpha value is -0.120. The van der Waals surface area contributed by atoms with Crippen LogP contribution in [0.5, 0.6) is 0 Å². The Morgan fingerprint density at radius 2 is 1.94 bits per heavy atom. The fourth-order valence-electron chi connectivity index (χ4n) is 2.45. The third kappa shape index (κ3) is 5.83. The van der Waals surface area contributed by atoms with Crippen LogP contribution in [0.15, 0.2) is 0 Å². The molecule has 0 spiro atoms. The molecule has 1 heterocycles. The van der Waals surface area contributed by atoms with Crippen LogP contribution in [0.25, 0.3) is 0 Å². The van der Waals surface area contributed by atoms with Gasteiger partial charge in [0.15, 0.2) is 0 Å². The second-order valence-electron chi connectivity index (χ2n) is 4.76. The van der Waals surface area contributed by atoms with E-state index in [1.165, 1.54) is 32.2 Å². The van der Waals surface area contributed by atoms with Gasteiger partial charge in [-0.05, 0) is 31.7 Å². The fourth-order valence-corrected chi connectivity index (χ4v) is 2.45. The third-order valence-corrected chi connectivity index (χ3v) is 3.42. The summed E-state index contributed by atoms with van der Waals surface area (Å²) in [6, 6.07) is 0. The van der Waals surface area contributed by atoms with Crippen molar-refractivity contribution in [1.82, 2.24) is 4.90 Å². The lowest BCUT2D eigenvalue weighted by molar-refractivity contribution is 0.0365. The maximum Gasteiger partial charge on any atom is 0.0594 e. The Balaban J connectivity index is 2.06. The number of aliphatic hydroxyl groups is 1. The first-order valence-corrected chi connectivity index (χ1v) is 6.77. The largest absolute Gasteiger partial charge is 0.396 e. The zero-order valence-corrected chi connectivity index (χ0v) is 10.7. The molecule has 1 rings (SSSR count). The van der Waals surface area contributed by atoms with Gasteiger partial charge >= 0.3 is 0 Å². The molecule has 1 N–H and O–H groups in total. The molecular weight excluding hydrogens is 202 g/mol. The maximum atomic E-state index is 8.98. The molecule has 96 valence electrons.